The Hall–Kier alpha value is -1.76. The smallest absolute Gasteiger partial charge is 0.343 e. The number of aliphatic hydroxyl groups is 1. The van der Waals surface area contributed by atoms with Crippen molar-refractivity contribution in [3.63, 3.8) is 0 Å². The summed E-state index contributed by atoms with van der Waals surface area (Å²) in [4.78, 5) is 25.8. The summed E-state index contributed by atoms with van der Waals surface area (Å²) in [6, 6.07) is 1.23. The van der Waals surface area contributed by atoms with Crippen LogP contribution < -0.4 is 5.56 Å². The lowest BCUT2D eigenvalue weighted by Gasteiger charge is -2.27. The van der Waals surface area contributed by atoms with Crippen molar-refractivity contribution in [2.75, 3.05) is 6.61 Å². The number of H-pyrrole nitrogens is 1. The second-order valence-corrected chi connectivity index (χ2v) is 4.72. The topological polar surface area (TPSA) is 79.4 Å². The zero-order valence-electron chi connectivity index (χ0n) is 10.9. The first-order valence-electron chi connectivity index (χ1n) is 6.33. The number of alkyl halides is 2. The van der Waals surface area contributed by atoms with E-state index in [0.717, 1.165) is 0 Å². The second-order valence-electron chi connectivity index (χ2n) is 4.72. The average molecular weight is 287 g/mol. The van der Waals surface area contributed by atoms with E-state index in [2.05, 4.69) is 4.98 Å². The minimum Gasteiger partial charge on any atom is -0.462 e. The number of ether oxygens (including phenoxy) is 1. The Bertz CT molecular complexity index is 570. The van der Waals surface area contributed by atoms with Crippen molar-refractivity contribution >= 4 is 5.97 Å². The van der Waals surface area contributed by atoms with Gasteiger partial charge in [-0.05, 0) is 25.8 Å². The fourth-order valence-corrected chi connectivity index (χ4v) is 2.36. The molecule has 0 aromatic carbocycles. The molecule has 1 aromatic rings. The molecule has 2 unspecified atom stereocenters. The van der Waals surface area contributed by atoms with Crippen LogP contribution in [0.25, 0.3) is 0 Å². The van der Waals surface area contributed by atoms with E-state index in [4.69, 9.17) is 4.74 Å². The third-order valence-corrected chi connectivity index (χ3v) is 3.36. The third kappa shape index (κ3) is 2.72. The van der Waals surface area contributed by atoms with E-state index in [9.17, 15) is 23.5 Å². The van der Waals surface area contributed by atoms with E-state index in [-0.39, 0.29) is 30.7 Å². The van der Waals surface area contributed by atoms with E-state index in [0.29, 0.717) is 5.56 Å². The van der Waals surface area contributed by atoms with Crippen LogP contribution in [0.1, 0.15) is 41.1 Å². The molecular weight excluding hydrogens is 272 g/mol. The monoisotopic (exact) mass is 287 g/mol. The molecule has 2 rings (SSSR count). The van der Waals surface area contributed by atoms with Crippen LogP contribution >= 0.6 is 0 Å². The molecule has 0 saturated carbocycles. The molecule has 110 valence electrons. The first-order valence-corrected chi connectivity index (χ1v) is 6.33. The van der Waals surface area contributed by atoms with Gasteiger partial charge in [0.15, 0.2) is 0 Å². The van der Waals surface area contributed by atoms with Gasteiger partial charge in [0.2, 0.25) is 6.43 Å². The van der Waals surface area contributed by atoms with Crippen molar-refractivity contribution in [2.24, 2.45) is 5.92 Å². The number of aliphatic hydroxyl groups excluding tert-OH is 1. The lowest BCUT2D eigenvalue weighted by atomic mass is 9.84. The molecule has 1 heterocycles. The fraction of sp³-hybridized carbons (Fsp3) is 0.538. The molecule has 0 bridgehead atoms. The molecular formula is C13H15F2NO4. The van der Waals surface area contributed by atoms with E-state index in [1.807, 2.05) is 0 Å². The van der Waals surface area contributed by atoms with Crippen LogP contribution in [0.5, 0.6) is 0 Å². The standard InChI is InChI=1S/C13H15F2NO4/c1-2-20-13(19)8-5-7-9(16-12(8)18)3-6(11(14)15)4-10(7)17/h5-6,10-11,17H,2-4H2,1H3,(H,16,18). The average Bonchev–Trinajstić information content (AvgIpc) is 2.37. The van der Waals surface area contributed by atoms with Crippen molar-refractivity contribution in [3.8, 4) is 0 Å². The summed E-state index contributed by atoms with van der Waals surface area (Å²) < 4.78 is 30.2. The Morgan fingerprint density at radius 3 is 2.90 bits per heavy atom. The molecule has 0 spiro atoms. The fourth-order valence-electron chi connectivity index (χ4n) is 2.36. The Labute approximate surface area is 113 Å². The number of hydrogen-bond acceptors (Lipinski definition) is 4. The summed E-state index contributed by atoms with van der Waals surface area (Å²) in [5.74, 6) is -1.79. The summed E-state index contributed by atoms with van der Waals surface area (Å²) in [6.07, 6.45) is -3.81. The highest BCUT2D eigenvalue weighted by Crippen LogP contribution is 2.34. The number of halogens is 2. The normalized spacial score (nSPS) is 21.6. The van der Waals surface area contributed by atoms with Gasteiger partial charge in [-0.1, -0.05) is 0 Å². The number of rotatable bonds is 3. The van der Waals surface area contributed by atoms with Gasteiger partial charge in [0.1, 0.15) is 5.56 Å². The van der Waals surface area contributed by atoms with E-state index in [1.165, 1.54) is 6.07 Å². The number of esters is 1. The zero-order valence-corrected chi connectivity index (χ0v) is 10.9. The van der Waals surface area contributed by atoms with E-state index >= 15 is 0 Å². The first kappa shape index (κ1) is 14.6. The third-order valence-electron chi connectivity index (χ3n) is 3.36. The van der Waals surface area contributed by atoms with Crippen LogP contribution in [0.3, 0.4) is 0 Å². The lowest BCUT2D eigenvalue weighted by molar-refractivity contribution is 0.0290. The number of aromatic amines is 1. The van der Waals surface area contributed by atoms with Gasteiger partial charge in [-0.2, -0.15) is 0 Å². The summed E-state index contributed by atoms with van der Waals surface area (Å²) in [5.41, 5.74) is -0.346. The second kappa shape index (κ2) is 5.70. The van der Waals surface area contributed by atoms with Gasteiger partial charge >= 0.3 is 5.97 Å². The minimum absolute atomic E-state index is 0.0254. The highest BCUT2D eigenvalue weighted by Gasteiger charge is 2.33. The van der Waals surface area contributed by atoms with Crippen LogP contribution in [-0.4, -0.2) is 29.1 Å². The summed E-state index contributed by atoms with van der Waals surface area (Å²) in [6.45, 7) is 1.72. The van der Waals surface area contributed by atoms with Crippen LogP contribution in [0, 0.1) is 5.92 Å². The molecule has 1 aromatic heterocycles. The Kier molecular flexibility index (Phi) is 4.17. The largest absolute Gasteiger partial charge is 0.462 e. The number of carbonyl (C=O) groups excluding carboxylic acids is 1. The molecule has 2 atom stereocenters. The highest BCUT2D eigenvalue weighted by molar-refractivity contribution is 5.89. The summed E-state index contributed by atoms with van der Waals surface area (Å²) >= 11 is 0. The quantitative estimate of drug-likeness (QED) is 0.824. The summed E-state index contributed by atoms with van der Waals surface area (Å²) in [7, 11) is 0. The number of aromatic nitrogens is 1. The summed E-state index contributed by atoms with van der Waals surface area (Å²) in [5, 5.41) is 9.90. The number of hydrogen-bond donors (Lipinski definition) is 2. The minimum atomic E-state index is -2.56. The van der Waals surface area contributed by atoms with Crippen molar-refractivity contribution in [3.05, 3.63) is 33.2 Å². The molecule has 0 amide bonds. The maximum Gasteiger partial charge on any atom is 0.343 e. The number of pyridine rings is 1. The molecule has 2 N–H and O–H groups in total. The molecule has 1 aliphatic carbocycles. The molecule has 7 heteroatoms. The molecule has 0 saturated heterocycles. The van der Waals surface area contributed by atoms with Crippen molar-refractivity contribution in [1.29, 1.82) is 0 Å². The molecule has 0 aliphatic heterocycles. The maximum absolute atomic E-state index is 12.7. The van der Waals surface area contributed by atoms with Crippen molar-refractivity contribution in [2.45, 2.75) is 32.3 Å². The predicted molar refractivity (Wildman–Crippen MR) is 65.8 cm³/mol. The van der Waals surface area contributed by atoms with E-state index in [1.54, 1.807) is 6.92 Å². The van der Waals surface area contributed by atoms with Crippen LogP contribution in [-0.2, 0) is 11.2 Å². The Morgan fingerprint density at radius 2 is 2.30 bits per heavy atom. The van der Waals surface area contributed by atoms with Crippen LogP contribution in [0.15, 0.2) is 10.9 Å². The Balaban J connectivity index is 2.40. The highest BCUT2D eigenvalue weighted by atomic mass is 19.3. The van der Waals surface area contributed by atoms with Gasteiger partial charge < -0.3 is 14.8 Å². The molecule has 0 radical (unpaired) electrons. The van der Waals surface area contributed by atoms with Crippen LogP contribution in [0.2, 0.25) is 0 Å². The SMILES string of the molecule is CCOC(=O)c1cc2c([nH]c1=O)CC(C(F)F)CC2O. The molecule has 20 heavy (non-hydrogen) atoms. The van der Waals surface area contributed by atoms with Gasteiger partial charge in [-0.3, -0.25) is 4.79 Å². The van der Waals surface area contributed by atoms with E-state index < -0.39 is 30.0 Å². The lowest BCUT2D eigenvalue weighted by Crippen LogP contribution is -2.30. The van der Waals surface area contributed by atoms with Gasteiger partial charge in [-0.25, -0.2) is 13.6 Å². The van der Waals surface area contributed by atoms with Crippen LogP contribution in [0.4, 0.5) is 8.78 Å². The van der Waals surface area contributed by atoms with Gasteiger partial charge in [0.05, 0.1) is 12.7 Å². The molecule has 5 nitrogen and oxygen atoms in total. The molecule has 1 aliphatic rings. The van der Waals surface area contributed by atoms with Gasteiger partial charge in [-0.15, -0.1) is 0 Å². The van der Waals surface area contributed by atoms with Crippen molar-refractivity contribution < 1.29 is 23.4 Å². The number of fused-ring (bicyclic) bond motifs is 1. The predicted octanol–water partition coefficient (Wildman–Crippen LogP) is 1.41. The van der Waals surface area contributed by atoms with Gasteiger partial charge in [0.25, 0.3) is 5.56 Å². The maximum atomic E-state index is 12.7. The Morgan fingerprint density at radius 1 is 1.60 bits per heavy atom. The van der Waals surface area contributed by atoms with Crippen molar-refractivity contribution in [1.82, 2.24) is 4.98 Å². The zero-order chi connectivity index (χ0) is 14.9. The number of nitrogens with one attached hydrogen (secondary N) is 1. The van der Waals surface area contributed by atoms with Gasteiger partial charge in [0, 0.05) is 17.2 Å². The first-order chi connectivity index (χ1) is 9.43. The molecule has 0 fully saturated rings. The number of carbonyl (C=O) groups is 1.